The fraction of sp³-hybridized carbons (Fsp3) is 1.00. The van der Waals surface area contributed by atoms with Crippen LogP contribution >= 0.6 is 0 Å². The van der Waals surface area contributed by atoms with Gasteiger partial charge in [0.2, 0.25) is 0 Å². The van der Waals surface area contributed by atoms with Crippen LogP contribution in [0.25, 0.3) is 0 Å². The van der Waals surface area contributed by atoms with Crippen LogP contribution in [0.5, 0.6) is 0 Å². The highest BCUT2D eigenvalue weighted by Crippen LogP contribution is 2.16. The molecule has 3 atom stereocenters. The van der Waals surface area contributed by atoms with Crippen LogP contribution in [0.1, 0.15) is 6.42 Å². The van der Waals surface area contributed by atoms with Gasteiger partial charge in [-0.05, 0) is 6.42 Å². The molecule has 1 aliphatic heterocycles. The zero-order valence-corrected chi connectivity index (χ0v) is 6.06. The van der Waals surface area contributed by atoms with E-state index in [1.165, 1.54) is 0 Å². The van der Waals surface area contributed by atoms with E-state index in [4.69, 9.17) is 10.2 Å². The number of hydrogen-bond donors (Lipinski definition) is 5. The monoisotopic (exact) mass is 163 g/mol. The summed E-state index contributed by atoms with van der Waals surface area (Å²) in [5, 5.41) is 38.8. The van der Waals surface area contributed by atoms with Gasteiger partial charge in [0.1, 0.15) is 6.10 Å². The highest BCUT2D eigenvalue weighted by atomic mass is 16.4. The molecular weight excluding hydrogens is 150 g/mol. The van der Waals surface area contributed by atoms with Gasteiger partial charge in [0.15, 0.2) is 5.72 Å². The van der Waals surface area contributed by atoms with Gasteiger partial charge in [0.05, 0.1) is 12.7 Å². The van der Waals surface area contributed by atoms with Gasteiger partial charge in [-0.25, -0.2) is 0 Å². The molecule has 0 aromatic rings. The lowest BCUT2D eigenvalue weighted by atomic mass is 9.95. The van der Waals surface area contributed by atoms with Gasteiger partial charge in [0.25, 0.3) is 0 Å². The van der Waals surface area contributed by atoms with Gasteiger partial charge in [-0.15, -0.1) is 0 Å². The lowest BCUT2D eigenvalue weighted by molar-refractivity contribution is -0.180. The van der Waals surface area contributed by atoms with Crippen molar-refractivity contribution in [3.63, 3.8) is 0 Å². The molecule has 1 fully saturated rings. The molecular formula is C6H13NO4. The Labute approximate surface area is 64.3 Å². The molecule has 5 N–H and O–H groups in total. The largest absolute Gasteiger partial charge is 0.392 e. The Bertz CT molecular complexity index is 143. The molecule has 1 saturated heterocycles. The van der Waals surface area contributed by atoms with Crippen molar-refractivity contribution in [3.8, 4) is 0 Å². The van der Waals surface area contributed by atoms with Crippen LogP contribution in [0.2, 0.25) is 0 Å². The minimum Gasteiger partial charge on any atom is -0.392 e. The van der Waals surface area contributed by atoms with E-state index in [1.54, 1.807) is 0 Å². The van der Waals surface area contributed by atoms with Gasteiger partial charge in [-0.2, -0.15) is 0 Å². The van der Waals surface area contributed by atoms with Crippen molar-refractivity contribution in [1.29, 1.82) is 0 Å². The second kappa shape index (κ2) is 3.04. The van der Waals surface area contributed by atoms with Crippen molar-refractivity contribution in [1.82, 2.24) is 5.32 Å². The Balaban J connectivity index is 2.64. The lowest BCUT2D eigenvalue weighted by Gasteiger charge is -2.39. The summed E-state index contributed by atoms with van der Waals surface area (Å²) in [6.07, 6.45) is -1.90. The molecule has 0 radical (unpaired) electrons. The first kappa shape index (κ1) is 8.89. The molecule has 0 aromatic heterocycles. The van der Waals surface area contributed by atoms with E-state index in [-0.39, 0.29) is 0 Å². The van der Waals surface area contributed by atoms with Crippen LogP contribution in [0, 0.1) is 0 Å². The normalized spacial score (nSPS) is 45.8. The molecule has 0 aliphatic carbocycles. The molecule has 0 unspecified atom stereocenters. The third-order valence-corrected chi connectivity index (χ3v) is 1.97. The average molecular weight is 163 g/mol. The predicted octanol–water partition coefficient (Wildman–Crippen LogP) is -2.62. The first-order chi connectivity index (χ1) is 5.10. The van der Waals surface area contributed by atoms with E-state index < -0.39 is 24.5 Å². The van der Waals surface area contributed by atoms with Crippen molar-refractivity contribution < 1.29 is 20.4 Å². The highest BCUT2D eigenvalue weighted by molar-refractivity contribution is 4.92. The summed E-state index contributed by atoms with van der Waals surface area (Å²) >= 11 is 0. The average Bonchev–Trinajstić information content (AvgIpc) is 2.00. The maximum Gasteiger partial charge on any atom is 0.168 e. The van der Waals surface area contributed by atoms with Gasteiger partial charge in [-0.1, -0.05) is 0 Å². The molecule has 5 nitrogen and oxygen atoms in total. The minimum absolute atomic E-state index is 0.378. The van der Waals surface area contributed by atoms with Gasteiger partial charge >= 0.3 is 0 Å². The number of hydrogen-bond acceptors (Lipinski definition) is 5. The van der Waals surface area contributed by atoms with E-state index in [1.807, 2.05) is 0 Å². The summed E-state index contributed by atoms with van der Waals surface area (Å²) in [6.45, 7) is -0.222. The van der Waals surface area contributed by atoms with Crippen LogP contribution in [0.15, 0.2) is 0 Å². The fourth-order valence-electron chi connectivity index (χ4n) is 1.17. The quantitative estimate of drug-likeness (QED) is 0.292. The van der Waals surface area contributed by atoms with Crippen molar-refractivity contribution in [2.24, 2.45) is 0 Å². The number of piperidine rings is 1. The third-order valence-electron chi connectivity index (χ3n) is 1.97. The van der Waals surface area contributed by atoms with E-state index in [0.29, 0.717) is 13.0 Å². The molecule has 0 spiro atoms. The second-order valence-electron chi connectivity index (χ2n) is 2.81. The Morgan fingerprint density at radius 1 is 1.45 bits per heavy atom. The van der Waals surface area contributed by atoms with E-state index in [2.05, 4.69) is 5.32 Å². The summed E-state index contributed by atoms with van der Waals surface area (Å²) in [7, 11) is 0. The molecule has 5 heteroatoms. The van der Waals surface area contributed by atoms with Gasteiger partial charge in [0, 0.05) is 6.54 Å². The Kier molecular flexibility index (Phi) is 2.46. The summed E-state index contributed by atoms with van der Waals surface area (Å²) in [6, 6.07) is 0. The maximum atomic E-state index is 9.35. The Hall–Kier alpha value is -0.200. The Morgan fingerprint density at radius 3 is 2.55 bits per heavy atom. The lowest BCUT2D eigenvalue weighted by Crippen LogP contribution is -2.65. The molecule has 66 valence electrons. The molecule has 1 rings (SSSR count). The van der Waals surface area contributed by atoms with Crippen LogP contribution in [-0.4, -0.2) is 51.5 Å². The molecule has 0 bridgehead atoms. The molecule has 1 aliphatic rings. The summed E-state index contributed by atoms with van der Waals surface area (Å²) in [4.78, 5) is 0. The van der Waals surface area contributed by atoms with Crippen LogP contribution in [0.4, 0.5) is 0 Å². The zero-order valence-electron chi connectivity index (χ0n) is 6.06. The van der Waals surface area contributed by atoms with Crippen molar-refractivity contribution in [2.75, 3.05) is 13.2 Å². The third kappa shape index (κ3) is 1.52. The fourth-order valence-corrected chi connectivity index (χ4v) is 1.17. The molecule has 0 saturated carbocycles. The summed E-state index contributed by atoms with van der Waals surface area (Å²) in [5.41, 5.74) is -1.74. The smallest absolute Gasteiger partial charge is 0.168 e. The van der Waals surface area contributed by atoms with Crippen LogP contribution in [-0.2, 0) is 0 Å². The van der Waals surface area contributed by atoms with E-state index in [0.717, 1.165) is 0 Å². The number of nitrogens with one attached hydrogen (secondary N) is 1. The van der Waals surface area contributed by atoms with Crippen LogP contribution in [0.3, 0.4) is 0 Å². The molecule has 0 amide bonds. The van der Waals surface area contributed by atoms with Gasteiger partial charge in [-0.3, -0.25) is 5.32 Å². The maximum absolute atomic E-state index is 9.35. The van der Waals surface area contributed by atoms with Crippen molar-refractivity contribution >= 4 is 0 Å². The minimum atomic E-state index is -1.74. The molecule has 11 heavy (non-hydrogen) atoms. The summed E-state index contributed by atoms with van der Waals surface area (Å²) in [5.74, 6) is 0. The first-order valence-corrected chi connectivity index (χ1v) is 3.54. The SMILES string of the molecule is OC[C@]1(O)NCC[C@@H](O)[C@@H]1O. The predicted molar refractivity (Wildman–Crippen MR) is 36.7 cm³/mol. The zero-order chi connectivity index (χ0) is 8.48. The molecule has 1 heterocycles. The number of rotatable bonds is 1. The van der Waals surface area contributed by atoms with Crippen molar-refractivity contribution in [2.45, 2.75) is 24.4 Å². The number of aliphatic hydroxyl groups is 4. The second-order valence-corrected chi connectivity index (χ2v) is 2.81. The standard InChI is InChI=1S/C6H13NO4/c8-3-6(11)5(10)4(9)1-2-7-6/h4-5,7-11H,1-3H2/t4-,5+,6-/m1/s1. The first-order valence-electron chi connectivity index (χ1n) is 3.54. The van der Waals surface area contributed by atoms with Crippen LogP contribution < -0.4 is 5.32 Å². The Morgan fingerprint density at radius 2 is 2.09 bits per heavy atom. The van der Waals surface area contributed by atoms with E-state index in [9.17, 15) is 10.2 Å². The molecule has 0 aromatic carbocycles. The topological polar surface area (TPSA) is 93.0 Å². The number of aliphatic hydroxyl groups excluding tert-OH is 3. The summed E-state index contributed by atoms with van der Waals surface area (Å²) < 4.78 is 0. The van der Waals surface area contributed by atoms with E-state index >= 15 is 0 Å². The highest BCUT2D eigenvalue weighted by Gasteiger charge is 2.42. The van der Waals surface area contributed by atoms with Crippen molar-refractivity contribution in [3.05, 3.63) is 0 Å². The van der Waals surface area contributed by atoms with Gasteiger partial charge < -0.3 is 20.4 Å².